The second-order valence-electron chi connectivity index (χ2n) is 8.04. The van der Waals surface area contributed by atoms with Gasteiger partial charge in [0.05, 0.1) is 0 Å². The van der Waals surface area contributed by atoms with Crippen molar-refractivity contribution < 1.29 is 13.5 Å². The summed E-state index contributed by atoms with van der Waals surface area (Å²) in [7, 11) is 0. The highest BCUT2D eigenvalue weighted by Crippen LogP contribution is 2.39. The summed E-state index contributed by atoms with van der Waals surface area (Å²) in [5.41, 5.74) is 10.2. The molecular weight excluding hydrogens is 386 g/mol. The zero-order chi connectivity index (χ0) is 20.2. The van der Waals surface area contributed by atoms with E-state index in [1.54, 1.807) is 0 Å². The number of fused-ring (bicyclic) bond motifs is 1. The van der Waals surface area contributed by atoms with Gasteiger partial charge in [-0.05, 0) is 48.9 Å². The molecule has 0 radical (unpaired) electrons. The smallest absolute Gasteiger partial charge is 0.123 e. The fraction of sp³-hybridized carbons (Fsp3) is 0.455. The maximum atomic E-state index is 10.5. The highest BCUT2D eigenvalue weighted by Gasteiger charge is 2.31. The van der Waals surface area contributed by atoms with E-state index >= 15 is 0 Å². The minimum atomic E-state index is -2.16. The molecule has 1 fully saturated rings. The van der Waals surface area contributed by atoms with Crippen molar-refractivity contribution in [3.05, 3.63) is 59.7 Å². The number of benzene rings is 2. The summed E-state index contributed by atoms with van der Waals surface area (Å²) in [6.07, 6.45) is 2.83. The quantitative estimate of drug-likeness (QED) is 0.511. The van der Waals surface area contributed by atoms with Crippen LogP contribution in [0.4, 0.5) is 5.69 Å². The minimum Gasteiger partial charge on any atom is -0.760 e. The van der Waals surface area contributed by atoms with Gasteiger partial charge in [-0.1, -0.05) is 30.3 Å². The first kappa shape index (κ1) is 20.3. The number of hydrogen-bond acceptors (Lipinski definition) is 5. The Bertz CT molecular complexity index is 842. The Hall–Kier alpha value is -1.93. The van der Waals surface area contributed by atoms with Crippen molar-refractivity contribution in [1.82, 2.24) is 4.72 Å². The fourth-order valence-corrected chi connectivity index (χ4v) is 4.64. The molecule has 2 aliphatic rings. The Balaban J connectivity index is 1.39. The lowest BCUT2D eigenvalue weighted by atomic mass is 9.84. The zero-order valence-corrected chi connectivity index (χ0v) is 17.3. The van der Waals surface area contributed by atoms with Gasteiger partial charge in [-0.15, -0.1) is 0 Å². The van der Waals surface area contributed by atoms with E-state index < -0.39 is 11.3 Å². The molecular formula is C22H28N3O3S-. The van der Waals surface area contributed by atoms with Gasteiger partial charge >= 0.3 is 0 Å². The summed E-state index contributed by atoms with van der Waals surface area (Å²) in [6.45, 7) is 3.09. The molecule has 0 saturated carbocycles. The lowest BCUT2D eigenvalue weighted by molar-refractivity contribution is 0.238. The van der Waals surface area contributed by atoms with Crippen LogP contribution in [-0.2, 0) is 17.7 Å². The van der Waals surface area contributed by atoms with Crippen LogP contribution in [0.15, 0.2) is 48.5 Å². The molecule has 0 spiro atoms. The van der Waals surface area contributed by atoms with E-state index in [0.717, 1.165) is 38.1 Å². The van der Waals surface area contributed by atoms with E-state index in [9.17, 15) is 8.76 Å². The maximum absolute atomic E-state index is 10.5. The normalized spacial score (nSPS) is 22.5. The third-order valence-corrected chi connectivity index (χ3v) is 6.41. The summed E-state index contributed by atoms with van der Waals surface area (Å²) in [4.78, 5) is 2.38. The van der Waals surface area contributed by atoms with E-state index in [1.807, 2.05) is 6.07 Å². The molecule has 3 N–H and O–H groups in total. The highest BCUT2D eigenvalue weighted by molar-refractivity contribution is 7.77. The summed E-state index contributed by atoms with van der Waals surface area (Å²) in [5, 5.41) is 0. The molecule has 2 aliphatic heterocycles. The first-order valence-corrected chi connectivity index (χ1v) is 11.3. The van der Waals surface area contributed by atoms with Crippen LogP contribution in [0.1, 0.15) is 29.9 Å². The summed E-state index contributed by atoms with van der Waals surface area (Å²) in [5.74, 6) is 1.81. The number of nitrogens with zero attached hydrogens (tertiary/aromatic N) is 1. The predicted octanol–water partition coefficient (Wildman–Crippen LogP) is 2.33. The molecule has 6 nitrogen and oxygen atoms in total. The van der Waals surface area contributed by atoms with Crippen molar-refractivity contribution in [2.45, 2.75) is 31.2 Å². The Morgan fingerprint density at radius 2 is 2.00 bits per heavy atom. The van der Waals surface area contributed by atoms with Crippen molar-refractivity contribution in [1.29, 1.82) is 0 Å². The average molecular weight is 415 g/mol. The van der Waals surface area contributed by atoms with E-state index in [1.165, 1.54) is 16.8 Å². The van der Waals surface area contributed by atoms with Gasteiger partial charge in [0.1, 0.15) is 12.4 Å². The van der Waals surface area contributed by atoms with Gasteiger partial charge < -0.3 is 19.9 Å². The highest BCUT2D eigenvalue weighted by atomic mass is 32.2. The maximum Gasteiger partial charge on any atom is 0.123 e. The standard InChI is InChI=1S/C22H29N3O3S/c23-21-15-28-22-9-8-18(25-13-17(14-25)7-4-10-24-29(26)27)12-20(22)19(21)11-16-5-2-1-3-6-16/h1-3,5-6,8-9,12,17,19,21,24H,4,7,10-11,13-15,23H2,(H,26,27)/p-1. The predicted molar refractivity (Wildman–Crippen MR) is 115 cm³/mol. The average Bonchev–Trinajstić information content (AvgIpc) is 2.69. The van der Waals surface area contributed by atoms with Crippen LogP contribution in [-0.4, -0.2) is 41.0 Å². The topological polar surface area (TPSA) is 90.7 Å². The SMILES string of the molecule is NC1COc2ccc(N3CC(CCCNS(=O)[O-])C3)cc2C1Cc1ccccc1. The monoisotopic (exact) mass is 414 g/mol. The number of hydrogen-bond donors (Lipinski definition) is 2. The van der Waals surface area contributed by atoms with Gasteiger partial charge in [0, 0.05) is 54.1 Å². The van der Waals surface area contributed by atoms with Gasteiger partial charge in [0.25, 0.3) is 0 Å². The Morgan fingerprint density at radius 3 is 2.76 bits per heavy atom. The first-order valence-electron chi connectivity index (χ1n) is 10.2. The number of anilines is 1. The molecule has 0 aromatic heterocycles. The molecule has 2 heterocycles. The van der Waals surface area contributed by atoms with Crippen LogP contribution in [0, 0.1) is 5.92 Å². The van der Waals surface area contributed by atoms with Crippen LogP contribution in [0.2, 0.25) is 0 Å². The Morgan fingerprint density at radius 1 is 1.21 bits per heavy atom. The third-order valence-electron chi connectivity index (χ3n) is 5.97. The van der Waals surface area contributed by atoms with E-state index in [0.29, 0.717) is 19.1 Å². The van der Waals surface area contributed by atoms with E-state index in [-0.39, 0.29) is 12.0 Å². The lowest BCUT2D eigenvalue weighted by Gasteiger charge is -2.42. The van der Waals surface area contributed by atoms with Crippen LogP contribution in [0.25, 0.3) is 0 Å². The molecule has 0 amide bonds. The van der Waals surface area contributed by atoms with E-state index in [4.69, 9.17) is 10.5 Å². The van der Waals surface area contributed by atoms with Gasteiger partial charge in [-0.25, -0.2) is 4.72 Å². The first-order chi connectivity index (χ1) is 14.1. The molecule has 3 atom stereocenters. The van der Waals surface area contributed by atoms with Crippen LogP contribution < -0.4 is 20.1 Å². The second-order valence-corrected chi connectivity index (χ2v) is 8.79. The molecule has 156 valence electrons. The molecule has 1 saturated heterocycles. The lowest BCUT2D eigenvalue weighted by Crippen LogP contribution is -2.47. The van der Waals surface area contributed by atoms with Crippen molar-refractivity contribution in [2.24, 2.45) is 11.7 Å². The van der Waals surface area contributed by atoms with Gasteiger partial charge in [0.2, 0.25) is 0 Å². The number of ether oxygens (including phenoxy) is 1. The molecule has 2 aromatic carbocycles. The van der Waals surface area contributed by atoms with Crippen LogP contribution in [0.5, 0.6) is 5.75 Å². The van der Waals surface area contributed by atoms with Crippen LogP contribution in [0.3, 0.4) is 0 Å². The summed E-state index contributed by atoms with van der Waals surface area (Å²) < 4.78 is 29.3. The van der Waals surface area contributed by atoms with Crippen molar-refractivity contribution >= 4 is 17.0 Å². The van der Waals surface area contributed by atoms with Gasteiger partial charge in [-0.2, -0.15) is 0 Å². The van der Waals surface area contributed by atoms with Crippen LogP contribution >= 0.6 is 0 Å². The Kier molecular flexibility index (Phi) is 6.50. The zero-order valence-electron chi connectivity index (χ0n) is 16.5. The third kappa shape index (κ3) is 4.98. The molecule has 29 heavy (non-hydrogen) atoms. The summed E-state index contributed by atoms with van der Waals surface area (Å²) in [6, 6.07) is 16.9. The van der Waals surface area contributed by atoms with Crippen molar-refractivity contribution in [3.8, 4) is 5.75 Å². The molecule has 2 aromatic rings. The van der Waals surface area contributed by atoms with Crippen molar-refractivity contribution in [3.63, 3.8) is 0 Å². The molecule has 4 rings (SSSR count). The second kappa shape index (κ2) is 9.26. The van der Waals surface area contributed by atoms with Gasteiger partial charge in [-0.3, -0.25) is 4.21 Å². The van der Waals surface area contributed by atoms with Gasteiger partial charge in [0.15, 0.2) is 0 Å². The minimum absolute atomic E-state index is 0.0128. The molecule has 7 heteroatoms. The molecule has 3 unspecified atom stereocenters. The van der Waals surface area contributed by atoms with E-state index in [2.05, 4.69) is 52.1 Å². The number of nitrogens with two attached hydrogens (primary N) is 1. The molecule has 0 aliphatic carbocycles. The largest absolute Gasteiger partial charge is 0.760 e. The summed E-state index contributed by atoms with van der Waals surface area (Å²) >= 11 is -2.16. The number of rotatable bonds is 8. The molecule has 0 bridgehead atoms. The fourth-order valence-electron chi connectivity index (χ4n) is 4.33. The Labute approximate surface area is 174 Å². The van der Waals surface area contributed by atoms with Crippen molar-refractivity contribution in [2.75, 3.05) is 31.1 Å². The number of nitrogens with one attached hydrogen (secondary N) is 1.